The highest BCUT2D eigenvalue weighted by Gasteiger charge is 2.11. The summed E-state index contributed by atoms with van der Waals surface area (Å²) in [5.41, 5.74) is 0. The first-order valence-electron chi connectivity index (χ1n) is 5.65. The maximum Gasteiger partial charge on any atom is 0.124 e. The van der Waals surface area contributed by atoms with E-state index in [0.717, 1.165) is 0 Å². The van der Waals surface area contributed by atoms with Gasteiger partial charge in [0, 0.05) is 25.1 Å². The van der Waals surface area contributed by atoms with E-state index >= 15 is 0 Å². The average molecular weight is 275 g/mol. The Kier molecular flexibility index (Phi) is 7.04. The van der Waals surface area contributed by atoms with Gasteiger partial charge in [0.05, 0.1) is 29.3 Å². The molecule has 0 amide bonds. The molecular weight excluding hydrogens is 257 g/mol. The van der Waals surface area contributed by atoms with E-state index in [4.69, 9.17) is 4.74 Å². The van der Waals surface area contributed by atoms with Gasteiger partial charge in [0.2, 0.25) is 0 Å². The molecule has 0 aliphatic carbocycles. The second kappa shape index (κ2) is 8.31. The number of nitrogens with one attached hydrogen (secondary N) is 1. The smallest absolute Gasteiger partial charge is 0.124 e. The van der Waals surface area contributed by atoms with Crippen molar-refractivity contribution in [2.75, 3.05) is 32.6 Å². The van der Waals surface area contributed by atoms with Crippen molar-refractivity contribution in [2.24, 2.45) is 0 Å². The van der Waals surface area contributed by atoms with E-state index < -0.39 is 22.7 Å². The SMILES string of the molecule is COCCNCC(O)CS(=O)c1cccc(F)c1. The predicted molar refractivity (Wildman–Crippen MR) is 68.4 cm³/mol. The van der Waals surface area contributed by atoms with Crippen LogP contribution in [0.1, 0.15) is 0 Å². The summed E-state index contributed by atoms with van der Waals surface area (Å²) in [4.78, 5) is 0.394. The number of aliphatic hydroxyl groups is 1. The lowest BCUT2D eigenvalue weighted by molar-refractivity contribution is 0.174. The summed E-state index contributed by atoms with van der Waals surface area (Å²) in [5, 5.41) is 12.6. The highest BCUT2D eigenvalue weighted by Crippen LogP contribution is 2.09. The number of hydrogen-bond donors (Lipinski definition) is 2. The first-order valence-corrected chi connectivity index (χ1v) is 6.97. The maximum atomic E-state index is 12.9. The summed E-state index contributed by atoms with van der Waals surface area (Å²) in [5.74, 6) is -0.336. The van der Waals surface area contributed by atoms with Gasteiger partial charge in [-0.05, 0) is 18.2 Å². The summed E-state index contributed by atoms with van der Waals surface area (Å²) in [6.45, 7) is 1.52. The molecule has 2 unspecified atom stereocenters. The van der Waals surface area contributed by atoms with E-state index in [2.05, 4.69) is 5.32 Å². The molecule has 0 bridgehead atoms. The molecule has 0 aromatic heterocycles. The number of hydrogen-bond acceptors (Lipinski definition) is 4. The van der Waals surface area contributed by atoms with Crippen LogP contribution in [0.5, 0.6) is 0 Å². The lowest BCUT2D eigenvalue weighted by Crippen LogP contribution is -2.32. The molecule has 102 valence electrons. The molecule has 0 saturated heterocycles. The minimum Gasteiger partial charge on any atom is -0.391 e. The van der Waals surface area contributed by atoms with Crippen molar-refractivity contribution in [3.63, 3.8) is 0 Å². The zero-order valence-corrected chi connectivity index (χ0v) is 11.1. The summed E-state index contributed by atoms with van der Waals surface area (Å²) in [6, 6.07) is 5.61. The molecule has 0 spiro atoms. The fourth-order valence-electron chi connectivity index (χ4n) is 1.38. The maximum absolute atomic E-state index is 12.9. The Labute approximate surface area is 109 Å². The highest BCUT2D eigenvalue weighted by molar-refractivity contribution is 7.85. The summed E-state index contributed by atoms with van der Waals surface area (Å²) >= 11 is 0. The van der Waals surface area contributed by atoms with E-state index in [-0.39, 0.29) is 5.75 Å². The van der Waals surface area contributed by atoms with Crippen molar-refractivity contribution in [2.45, 2.75) is 11.0 Å². The number of halogens is 1. The molecule has 6 heteroatoms. The largest absolute Gasteiger partial charge is 0.391 e. The third-order valence-corrected chi connectivity index (χ3v) is 3.73. The minimum atomic E-state index is -1.39. The quantitative estimate of drug-likeness (QED) is 0.680. The molecule has 0 aliphatic heterocycles. The molecule has 0 aliphatic rings. The van der Waals surface area contributed by atoms with Crippen molar-refractivity contribution < 1.29 is 18.4 Å². The van der Waals surface area contributed by atoms with Crippen LogP contribution >= 0.6 is 0 Å². The Bertz CT molecular complexity index is 389. The number of aliphatic hydroxyl groups excluding tert-OH is 1. The van der Waals surface area contributed by atoms with E-state index in [1.54, 1.807) is 13.2 Å². The first kappa shape index (κ1) is 15.2. The van der Waals surface area contributed by atoms with Crippen molar-refractivity contribution >= 4 is 10.8 Å². The Hall–Kier alpha value is -0.820. The van der Waals surface area contributed by atoms with Crippen LogP contribution in [-0.4, -0.2) is 48.0 Å². The van der Waals surface area contributed by atoms with Crippen molar-refractivity contribution in [1.29, 1.82) is 0 Å². The molecule has 18 heavy (non-hydrogen) atoms. The third kappa shape index (κ3) is 5.68. The lowest BCUT2D eigenvalue weighted by Gasteiger charge is -2.11. The van der Waals surface area contributed by atoms with E-state index in [1.165, 1.54) is 18.2 Å². The van der Waals surface area contributed by atoms with Crippen molar-refractivity contribution in [1.82, 2.24) is 5.32 Å². The topological polar surface area (TPSA) is 58.6 Å². The molecule has 2 N–H and O–H groups in total. The van der Waals surface area contributed by atoms with Gasteiger partial charge in [0.1, 0.15) is 5.82 Å². The van der Waals surface area contributed by atoms with Crippen LogP contribution < -0.4 is 5.32 Å². The minimum absolute atomic E-state index is 0.0867. The highest BCUT2D eigenvalue weighted by atomic mass is 32.2. The first-order chi connectivity index (χ1) is 8.63. The van der Waals surface area contributed by atoms with Crippen LogP contribution in [0.25, 0.3) is 0 Å². The Balaban J connectivity index is 2.35. The van der Waals surface area contributed by atoms with Crippen molar-refractivity contribution in [3.8, 4) is 0 Å². The van der Waals surface area contributed by atoms with Gasteiger partial charge in [0.25, 0.3) is 0 Å². The zero-order valence-electron chi connectivity index (χ0n) is 10.3. The molecule has 1 aromatic carbocycles. The molecule has 0 heterocycles. The third-order valence-electron chi connectivity index (χ3n) is 2.27. The number of ether oxygens (including phenoxy) is 1. The second-order valence-corrected chi connectivity index (χ2v) is 5.32. The van der Waals surface area contributed by atoms with Crippen LogP contribution in [-0.2, 0) is 15.5 Å². The summed E-state index contributed by atoms with van der Waals surface area (Å²) < 4.78 is 29.6. The van der Waals surface area contributed by atoms with Gasteiger partial charge in [-0.25, -0.2) is 4.39 Å². The lowest BCUT2D eigenvalue weighted by atomic mass is 10.3. The van der Waals surface area contributed by atoms with E-state index in [0.29, 0.717) is 24.6 Å². The Morgan fingerprint density at radius 1 is 1.56 bits per heavy atom. The molecule has 0 radical (unpaired) electrons. The zero-order chi connectivity index (χ0) is 13.4. The molecular formula is C12H18FNO3S. The van der Waals surface area contributed by atoms with Crippen LogP contribution in [0.2, 0.25) is 0 Å². The van der Waals surface area contributed by atoms with Gasteiger partial charge in [-0.3, -0.25) is 4.21 Å². The molecule has 0 fully saturated rings. The van der Waals surface area contributed by atoms with Crippen LogP contribution in [0.3, 0.4) is 0 Å². The monoisotopic (exact) mass is 275 g/mol. The van der Waals surface area contributed by atoms with Crippen LogP contribution in [0.15, 0.2) is 29.2 Å². The fraction of sp³-hybridized carbons (Fsp3) is 0.500. The predicted octanol–water partition coefficient (Wildman–Crippen LogP) is 0.530. The van der Waals surface area contributed by atoms with Gasteiger partial charge in [-0.2, -0.15) is 0 Å². The molecule has 0 saturated carbocycles. The van der Waals surface area contributed by atoms with E-state index in [1.807, 2.05) is 0 Å². The number of rotatable bonds is 8. The number of methoxy groups -OCH3 is 1. The van der Waals surface area contributed by atoms with Gasteiger partial charge < -0.3 is 15.2 Å². The van der Waals surface area contributed by atoms with Crippen molar-refractivity contribution in [3.05, 3.63) is 30.1 Å². The molecule has 1 rings (SSSR count). The second-order valence-electron chi connectivity index (χ2n) is 3.82. The van der Waals surface area contributed by atoms with Gasteiger partial charge in [0.15, 0.2) is 0 Å². The van der Waals surface area contributed by atoms with Crippen LogP contribution in [0, 0.1) is 5.82 Å². The standard InChI is InChI=1S/C12H18FNO3S/c1-17-6-5-14-8-11(15)9-18(16)12-4-2-3-10(13)7-12/h2-4,7,11,14-15H,5-6,8-9H2,1H3. The molecule has 1 aromatic rings. The molecule has 2 atom stereocenters. The Morgan fingerprint density at radius 2 is 2.33 bits per heavy atom. The van der Waals surface area contributed by atoms with E-state index in [9.17, 15) is 13.7 Å². The fourth-order valence-corrected chi connectivity index (χ4v) is 2.52. The summed E-state index contributed by atoms with van der Waals surface area (Å²) in [6.07, 6.45) is -0.731. The van der Waals surface area contributed by atoms with Gasteiger partial charge >= 0.3 is 0 Å². The van der Waals surface area contributed by atoms with Crippen LogP contribution in [0.4, 0.5) is 4.39 Å². The average Bonchev–Trinajstić information content (AvgIpc) is 2.34. The normalized spacial score (nSPS) is 14.4. The van der Waals surface area contributed by atoms with Gasteiger partial charge in [-0.15, -0.1) is 0 Å². The summed E-state index contributed by atoms with van der Waals surface area (Å²) in [7, 11) is 0.202. The molecule has 4 nitrogen and oxygen atoms in total. The Morgan fingerprint density at radius 3 is 3.00 bits per heavy atom. The number of benzene rings is 1. The van der Waals surface area contributed by atoms with Gasteiger partial charge in [-0.1, -0.05) is 6.07 Å².